The highest BCUT2D eigenvalue weighted by atomic mass is 16.6. The summed E-state index contributed by atoms with van der Waals surface area (Å²) >= 11 is 0. The molecule has 1 rings (SSSR count). The Bertz CT molecular complexity index is 414. The van der Waals surface area contributed by atoms with Crippen LogP contribution in [0.4, 0.5) is 5.69 Å². The maximum atomic E-state index is 10.8. The van der Waals surface area contributed by atoms with Gasteiger partial charge >= 0.3 is 0 Å². The molecule has 0 aliphatic carbocycles. The molecule has 16 heavy (non-hydrogen) atoms. The Labute approximate surface area is 94.1 Å². The van der Waals surface area contributed by atoms with Gasteiger partial charge in [-0.15, -0.1) is 0 Å². The van der Waals surface area contributed by atoms with E-state index in [1.54, 1.807) is 24.4 Å². The number of nitro benzene ring substituents is 1. The van der Waals surface area contributed by atoms with Gasteiger partial charge in [0, 0.05) is 14.1 Å². The number of nitro groups is 1. The van der Waals surface area contributed by atoms with Crippen LogP contribution in [0.1, 0.15) is 5.56 Å². The van der Waals surface area contributed by atoms with Crippen molar-refractivity contribution in [2.24, 2.45) is 0 Å². The van der Waals surface area contributed by atoms with Crippen molar-refractivity contribution in [1.82, 2.24) is 4.90 Å². The van der Waals surface area contributed by atoms with Crippen LogP contribution in [0, 0.1) is 10.1 Å². The summed E-state index contributed by atoms with van der Waals surface area (Å²) in [6, 6.07) is 4.77. The second kappa shape index (κ2) is 5.16. The third-order valence-electron chi connectivity index (χ3n) is 1.99. The molecule has 86 valence electrons. The van der Waals surface area contributed by atoms with Gasteiger partial charge in [0.05, 0.1) is 23.7 Å². The fourth-order valence-corrected chi connectivity index (χ4v) is 1.18. The van der Waals surface area contributed by atoms with E-state index in [-0.39, 0.29) is 5.69 Å². The fraction of sp³-hybridized carbons (Fsp3) is 0.273. The molecule has 5 nitrogen and oxygen atoms in total. The SMILES string of the molecule is COc1ccc(C=CN(C)C)c([N+](=O)[O-])c1. The van der Waals surface area contributed by atoms with Crippen LogP contribution in [-0.2, 0) is 0 Å². The molecule has 5 heteroatoms. The van der Waals surface area contributed by atoms with E-state index in [0.717, 1.165) is 0 Å². The number of hydrogen-bond donors (Lipinski definition) is 0. The second-order valence-corrected chi connectivity index (χ2v) is 3.46. The topological polar surface area (TPSA) is 55.6 Å². The summed E-state index contributed by atoms with van der Waals surface area (Å²) in [5.41, 5.74) is 0.594. The highest BCUT2D eigenvalue weighted by Gasteiger charge is 2.12. The number of nitrogens with zero attached hydrogens (tertiary/aromatic N) is 2. The largest absolute Gasteiger partial charge is 0.497 e. The average molecular weight is 222 g/mol. The smallest absolute Gasteiger partial charge is 0.280 e. The molecule has 0 fully saturated rings. The van der Waals surface area contributed by atoms with Crippen LogP contribution < -0.4 is 4.74 Å². The molecule has 0 aliphatic heterocycles. The molecule has 0 atom stereocenters. The zero-order chi connectivity index (χ0) is 12.1. The highest BCUT2D eigenvalue weighted by Crippen LogP contribution is 2.25. The van der Waals surface area contributed by atoms with Crippen molar-refractivity contribution in [2.75, 3.05) is 21.2 Å². The van der Waals surface area contributed by atoms with Gasteiger partial charge in [-0.3, -0.25) is 10.1 Å². The van der Waals surface area contributed by atoms with Crippen LogP contribution in [0.2, 0.25) is 0 Å². The van der Waals surface area contributed by atoms with Gasteiger partial charge in [0.1, 0.15) is 5.75 Å². The molecule has 0 radical (unpaired) electrons. The molecule has 0 heterocycles. The number of rotatable bonds is 4. The molecular formula is C11H14N2O3. The Morgan fingerprint density at radius 2 is 2.12 bits per heavy atom. The van der Waals surface area contributed by atoms with Gasteiger partial charge in [0.15, 0.2) is 0 Å². The quantitative estimate of drug-likeness (QED) is 0.578. The van der Waals surface area contributed by atoms with Crippen molar-refractivity contribution >= 4 is 11.8 Å². The van der Waals surface area contributed by atoms with Gasteiger partial charge in [-0.25, -0.2) is 0 Å². The molecule has 1 aromatic rings. The Kier molecular flexibility index (Phi) is 3.88. The van der Waals surface area contributed by atoms with Gasteiger partial charge in [0.25, 0.3) is 5.69 Å². The van der Waals surface area contributed by atoms with Crippen molar-refractivity contribution in [3.05, 3.63) is 40.1 Å². The first-order valence-electron chi connectivity index (χ1n) is 4.71. The summed E-state index contributed by atoms with van der Waals surface area (Å²) in [6.45, 7) is 0. The van der Waals surface area contributed by atoms with Crippen molar-refractivity contribution in [3.63, 3.8) is 0 Å². The number of benzene rings is 1. The first-order valence-corrected chi connectivity index (χ1v) is 4.71. The zero-order valence-corrected chi connectivity index (χ0v) is 9.51. The van der Waals surface area contributed by atoms with E-state index in [9.17, 15) is 10.1 Å². The number of ether oxygens (including phenoxy) is 1. The van der Waals surface area contributed by atoms with Gasteiger partial charge in [-0.2, -0.15) is 0 Å². The maximum absolute atomic E-state index is 10.8. The highest BCUT2D eigenvalue weighted by molar-refractivity contribution is 5.62. The van der Waals surface area contributed by atoms with Crippen molar-refractivity contribution < 1.29 is 9.66 Å². The van der Waals surface area contributed by atoms with Crippen LogP contribution in [0.15, 0.2) is 24.4 Å². The van der Waals surface area contributed by atoms with Crippen LogP contribution in [-0.4, -0.2) is 31.0 Å². The minimum absolute atomic E-state index is 0.0393. The number of methoxy groups -OCH3 is 1. The molecule has 0 N–H and O–H groups in total. The van der Waals surface area contributed by atoms with Gasteiger partial charge in [0.2, 0.25) is 0 Å². The van der Waals surface area contributed by atoms with Crippen LogP contribution in [0.3, 0.4) is 0 Å². The molecular weight excluding hydrogens is 208 g/mol. The third-order valence-corrected chi connectivity index (χ3v) is 1.99. The molecule has 0 bridgehead atoms. The van der Waals surface area contributed by atoms with E-state index in [4.69, 9.17) is 4.74 Å². The van der Waals surface area contributed by atoms with E-state index in [2.05, 4.69) is 0 Å². The van der Waals surface area contributed by atoms with Gasteiger partial charge < -0.3 is 9.64 Å². The lowest BCUT2D eigenvalue weighted by atomic mass is 10.1. The summed E-state index contributed by atoms with van der Waals surface area (Å²) in [5.74, 6) is 0.480. The lowest BCUT2D eigenvalue weighted by molar-refractivity contribution is -0.385. The van der Waals surface area contributed by atoms with Crippen molar-refractivity contribution in [3.8, 4) is 5.75 Å². The summed E-state index contributed by atoms with van der Waals surface area (Å²) < 4.78 is 4.95. The zero-order valence-electron chi connectivity index (χ0n) is 9.51. The summed E-state index contributed by atoms with van der Waals surface area (Å²) in [5, 5.41) is 10.8. The average Bonchev–Trinajstić information content (AvgIpc) is 2.25. The fourth-order valence-electron chi connectivity index (χ4n) is 1.18. The maximum Gasteiger partial charge on any atom is 0.280 e. The van der Waals surface area contributed by atoms with Crippen LogP contribution >= 0.6 is 0 Å². The summed E-state index contributed by atoms with van der Waals surface area (Å²) in [7, 11) is 5.19. The number of hydrogen-bond acceptors (Lipinski definition) is 4. The van der Waals surface area contributed by atoms with E-state index >= 15 is 0 Å². The molecule has 0 saturated carbocycles. The molecule has 0 aliphatic rings. The Balaban J connectivity index is 3.13. The predicted molar refractivity (Wildman–Crippen MR) is 62.4 cm³/mol. The molecule has 0 unspecified atom stereocenters. The Hall–Kier alpha value is -2.04. The standard InChI is InChI=1S/C11H14N2O3/c1-12(2)7-6-9-4-5-10(16-3)8-11(9)13(14)15/h4-8H,1-3H3. The van der Waals surface area contributed by atoms with E-state index < -0.39 is 4.92 Å². The van der Waals surface area contributed by atoms with Crippen molar-refractivity contribution in [2.45, 2.75) is 0 Å². The van der Waals surface area contributed by atoms with Crippen LogP contribution in [0.25, 0.3) is 6.08 Å². The lowest BCUT2D eigenvalue weighted by Crippen LogP contribution is -2.00. The Morgan fingerprint density at radius 1 is 1.44 bits per heavy atom. The molecule has 0 aromatic heterocycles. The second-order valence-electron chi connectivity index (χ2n) is 3.46. The summed E-state index contributed by atoms with van der Waals surface area (Å²) in [6.07, 6.45) is 3.45. The van der Waals surface area contributed by atoms with E-state index in [1.165, 1.54) is 13.2 Å². The summed E-state index contributed by atoms with van der Waals surface area (Å²) in [4.78, 5) is 12.2. The minimum atomic E-state index is -0.419. The van der Waals surface area contributed by atoms with Crippen molar-refractivity contribution in [1.29, 1.82) is 0 Å². The van der Waals surface area contributed by atoms with Gasteiger partial charge in [-0.05, 0) is 24.4 Å². The van der Waals surface area contributed by atoms with E-state index in [1.807, 2.05) is 19.0 Å². The first kappa shape index (κ1) is 12.0. The van der Waals surface area contributed by atoms with Crippen LogP contribution in [0.5, 0.6) is 5.75 Å². The predicted octanol–water partition coefficient (Wildman–Crippen LogP) is 2.14. The normalized spacial score (nSPS) is 10.4. The third kappa shape index (κ3) is 2.98. The monoisotopic (exact) mass is 222 g/mol. The lowest BCUT2D eigenvalue weighted by Gasteiger charge is -2.05. The first-order chi connectivity index (χ1) is 7.54. The molecule has 1 aromatic carbocycles. The molecule has 0 amide bonds. The Morgan fingerprint density at radius 3 is 2.62 bits per heavy atom. The molecule has 0 saturated heterocycles. The van der Waals surface area contributed by atoms with Gasteiger partial charge in [-0.1, -0.05) is 0 Å². The minimum Gasteiger partial charge on any atom is -0.497 e. The van der Waals surface area contributed by atoms with E-state index in [0.29, 0.717) is 11.3 Å². The molecule has 0 spiro atoms.